The highest BCUT2D eigenvalue weighted by Gasteiger charge is 2.31. The minimum atomic E-state index is -1.43. The third kappa shape index (κ3) is 6.43. The number of rotatable bonds is 11. The number of aromatic nitrogens is 1. The second kappa shape index (κ2) is 10.4. The third-order valence-corrected chi connectivity index (χ3v) is 4.99. The molecule has 29 heavy (non-hydrogen) atoms. The molecule has 3 atom stereocenters. The number of nitro groups is 1. The second-order valence-electron chi connectivity index (χ2n) is 6.31. The molecule has 0 bridgehead atoms. The van der Waals surface area contributed by atoms with Crippen molar-refractivity contribution in [3.63, 3.8) is 0 Å². The number of nitrogens with one attached hydrogen (secondary N) is 2. The Kier molecular flexibility index (Phi) is 7.92. The number of nitrogens with zero attached hydrogens (tertiary/aromatic N) is 2. The smallest absolute Gasteiger partial charge is 0.345 e. The minimum Gasteiger partial charge on any atom is -0.481 e. The number of aldehydes is 1. The molecule has 10 nitrogen and oxygen atoms in total. The number of hydrogen-bond donors (Lipinski definition) is 3. The molecule has 0 fully saturated rings. The molecule has 3 N–H and O–H groups in total. The molecule has 2 aromatic rings. The number of amides is 1. The first kappa shape index (κ1) is 22.1. The fraction of sp³-hybridized carbons (Fsp3) is 0.333. The molecule has 154 valence electrons. The van der Waals surface area contributed by atoms with Crippen LogP contribution in [0.1, 0.15) is 31.4 Å². The van der Waals surface area contributed by atoms with Crippen LogP contribution in [0, 0.1) is 16.0 Å². The van der Waals surface area contributed by atoms with Gasteiger partial charge in [0.25, 0.3) is 0 Å². The summed E-state index contributed by atoms with van der Waals surface area (Å²) in [6.07, 6.45) is 1.90. The van der Waals surface area contributed by atoms with Gasteiger partial charge in [-0.25, -0.2) is 4.98 Å². The summed E-state index contributed by atoms with van der Waals surface area (Å²) in [4.78, 5) is 48.9. The van der Waals surface area contributed by atoms with Crippen molar-refractivity contribution in [1.29, 1.82) is 0 Å². The quantitative estimate of drug-likeness (QED) is 0.217. The van der Waals surface area contributed by atoms with Gasteiger partial charge >= 0.3 is 11.0 Å². The van der Waals surface area contributed by atoms with Gasteiger partial charge in [0.2, 0.25) is 5.91 Å². The normalized spacial score (nSPS) is 13.8. The summed E-state index contributed by atoms with van der Waals surface area (Å²) < 4.78 is 0. The zero-order valence-corrected chi connectivity index (χ0v) is 16.3. The lowest BCUT2D eigenvalue weighted by atomic mass is 9.93. The number of carboxylic acid groups (broad SMARTS) is 1. The lowest BCUT2D eigenvalue weighted by Gasteiger charge is -2.25. The molecule has 1 heterocycles. The molecule has 0 aliphatic rings. The van der Waals surface area contributed by atoms with E-state index in [0.717, 1.165) is 18.0 Å². The van der Waals surface area contributed by atoms with E-state index in [1.807, 2.05) is 6.07 Å². The lowest BCUT2D eigenvalue weighted by Crippen LogP contribution is -2.37. The van der Waals surface area contributed by atoms with Crippen molar-refractivity contribution >= 4 is 39.6 Å². The Morgan fingerprint density at radius 2 is 2.03 bits per heavy atom. The van der Waals surface area contributed by atoms with Gasteiger partial charge in [-0.15, -0.1) is 0 Å². The predicted octanol–water partition coefficient (Wildman–Crippen LogP) is 2.39. The summed E-state index contributed by atoms with van der Waals surface area (Å²) in [5.41, 5.74) is 0.772. The third-order valence-electron chi connectivity index (χ3n) is 4.13. The fourth-order valence-corrected chi connectivity index (χ4v) is 3.33. The zero-order chi connectivity index (χ0) is 21.4. The molecular formula is C18H20N4O6S. The minimum absolute atomic E-state index is 0.0495. The van der Waals surface area contributed by atoms with Gasteiger partial charge in [-0.3, -0.25) is 19.7 Å². The van der Waals surface area contributed by atoms with Gasteiger partial charge in [0.05, 0.1) is 4.92 Å². The first-order chi connectivity index (χ1) is 13.8. The van der Waals surface area contributed by atoms with Crippen LogP contribution in [-0.2, 0) is 14.4 Å². The molecule has 1 aromatic carbocycles. The van der Waals surface area contributed by atoms with E-state index >= 15 is 0 Å². The molecule has 0 aliphatic heterocycles. The van der Waals surface area contributed by atoms with E-state index in [9.17, 15) is 29.6 Å². The van der Waals surface area contributed by atoms with Crippen LogP contribution in [0.15, 0.2) is 36.5 Å². The number of carboxylic acids is 1. The first-order valence-electron chi connectivity index (χ1n) is 8.70. The summed E-state index contributed by atoms with van der Waals surface area (Å²) in [5.74, 6) is -3.59. The van der Waals surface area contributed by atoms with Crippen LogP contribution < -0.4 is 10.6 Å². The number of benzene rings is 1. The summed E-state index contributed by atoms with van der Waals surface area (Å²) >= 11 is 0.641. The van der Waals surface area contributed by atoms with Gasteiger partial charge in [0.15, 0.2) is 5.13 Å². The summed E-state index contributed by atoms with van der Waals surface area (Å²) in [7, 11) is 0. The number of carbonyl (C=O) groups excluding carboxylic acids is 2. The van der Waals surface area contributed by atoms with Gasteiger partial charge in [-0.05, 0) is 30.2 Å². The van der Waals surface area contributed by atoms with Crippen molar-refractivity contribution in [1.82, 2.24) is 10.3 Å². The lowest BCUT2D eigenvalue weighted by molar-refractivity contribution is -0.380. The Morgan fingerprint density at radius 1 is 1.34 bits per heavy atom. The highest BCUT2D eigenvalue weighted by atomic mass is 32.1. The molecule has 0 aliphatic carbocycles. The maximum atomic E-state index is 12.5. The van der Waals surface area contributed by atoms with Crippen molar-refractivity contribution in [2.24, 2.45) is 5.92 Å². The van der Waals surface area contributed by atoms with Crippen molar-refractivity contribution in [3.8, 4) is 0 Å². The van der Waals surface area contributed by atoms with Crippen molar-refractivity contribution in [2.45, 2.75) is 31.8 Å². The SMILES string of the molecule is CC(CC=O)NC(CC(C(=O)O)C(=O)Nc1ncc([N+](=O)[O-])s1)c1ccccc1. The first-order valence-corrected chi connectivity index (χ1v) is 9.52. The maximum Gasteiger partial charge on any atom is 0.345 e. The Hall–Kier alpha value is -3.18. The van der Waals surface area contributed by atoms with E-state index in [0.29, 0.717) is 11.3 Å². The van der Waals surface area contributed by atoms with Crippen molar-refractivity contribution < 1.29 is 24.4 Å². The second-order valence-corrected chi connectivity index (χ2v) is 7.32. The molecule has 1 aromatic heterocycles. The van der Waals surface area contributed by atoms with Crippen LogP contribution in [0.4, 0.5) is 10.1 Å². The molecular weight excluding hydrogens is 400 g/mol. The number of anilines is 1. The molecule has 0 spiro atoms. The van der Waals surface area contributed by atoms with Crippen LogP contribution >= 0.6 is 11.3 Å². The van der Waals surface area contributed by atoms with E-state index in [2.05, 4.69) is 15.6 Å². The molecule has 1 amide bonds. The molecule has 3 unspecified atom stereocenters. The van der Waals surface area contributed by atoms with Gasteiger partial charge in [0.1, 0.15) is 18.4 Å². The fourth-order valence-electron chi connectivity index (χ4n) is 2.70. The predicted molar refractivity (Wildman–Crippen MR) is 106 cm³/mol. The Balaban J connectivity index is 2.18. The molecule has 0 saturated heterocycles. The monoisotopic (exact) mass is 420 g/mol. The Labute approximate surface area is 170 Å². The van der Waals surface area contributed by atoms with Gasteiger partial charge in [0, 0.05) is 18.5 Å². The van der Waals surface area contributed by atoms with Crippen LogP contribution in [0.2, 0.25) is 0 Å². The average Bonchev–Trinajstić information content (AvgIpc) is 3.14. The molecule has 11 heteroatoms. The van der Waals surface area contributed by atoms with Crippen LogP contribution in [0.25, 0.3) is 0 Å². The topological polar surface area (TPSA) is 152 Å². The summed E-state index contributed by atoms with van der Waals surface area (Å²) in [6, 6.07) is 8.27. The largest absolute Gasteiger partial charge is 0.481 e. The van der Waals surface area contributed by atoms with E-state index in [4.69, 9.17) is 0 Å². The number of thiazole rings is 1. The summed E-state index contributed by atoms with van der Waals surface area (Å²) in [5, 5.41) is 25.5. The van der Waals surface area contributed by atoms with Crippen molar-refractivity contribution in [3.05, 3.63) is 52.2 Å². The van der Waals surface area contributed by atoms with E-state index < -0.39 is 28.8 Å². The van der Waals surface area contributed by atoms with Gasteiger partial charge in [-0.1, -0.05) is 30.3 Å². The molecule has 0 saturated carbocycles. The van der Waals surface area contributed by atoms with E-state index in [1.165, 1.54) is 0 Å². The van der Waals surface area contributed by atoms with E-state index in [-0.39, 0.29) is 29.0 Å². The Morgan fingerprint density at radius 3 is 2.59 bits per heavy atom. The standard InChI is InChI=1S/C18H20N4O6S/c1-11(7-8-23)20-14(12-5-3-2-4-6-12)9-13(17(25)26)16(24)21-18-19-10-15(29-18)22(27)28/h2-6,8,10-11,13-14,20H,7,9H2,1H3,(H,25,26)(H,19,21,24). The number of hydrogen-bond acceptors (Lipinski definition) is 8. The number of aliphatic carboxylic acids is 1. The summed E-state index contributed by atoms with van der Waals surface area (Å²) in [6.45, 7) is 1.79. The van der Waals surface area contributed by atoms with Crippen LogP contribution in [-0.4, -0.2) is 39.2 Å². The molecule has 0 radical (unpaired) electrons. The van der Waals surface area contributed by atoms with Crippen LogP contribution in [0.3, 0.4) is 0 Å². The maximum absolute atomic E-state index is 12.5. The molecule has 2 rings (SSSR count). The van der Waals surface area contributed by atoms with Gasteiger partial charge < -0.3 is 20.5 Å². The van der Waals surface area contributed by atoms with Crippen molar-refractivity contribution in [2.75, 3.05) is 5.32 Å². The van der Waals surface area contributed by atoms with E-state index in [1.54, 1.807) is 31.2 Å². The van der Waals surface area contributed by atoms with Gasteiger partial charge in [-0.2, -0.15) is 0 Å². The number of carbonyl (C=O) groups is 3. The van der Waals surface area contributed by atoms with Crippen LogP contribution in [0.5, 0.6) is 0 Å². The highest BCUT2D eigenvalue weighted by Crippen LogP contribution is 2.27. The highest BCUT2D eigenvalue weighted by molar-refractivity contribution is 7.18. The average molecular weight is 420 g/mol. The Bertz CT molecular complexity index is 872. The zero-order valence-electron chi connectivity index (χ0n) is 15.5.